The van der Waals surface area contributed by atoms with Crippen molar-refractivity contribution >= 4 is 23.7 Å². The van der Waals surface area contributed by atoms with Gasteiger partial charge in [0.2, 0.25) is 0 Å². The van der Waals surface area contributed by atoms with Crippen molar-refractivity contribution in [3.8, 4) is 5.75 Å². The topological polar surface area (TPSA) is 59.5 Å². The molecule has 0 radical (unpaired) electrons. The second-order valence-corrected chi connectivity index (χ2v) is 5.96. The summed E-state index contributed by atoms with van der Waals surface area (Å²) in [6, 6.07) is 1.67. The minimum Gasteiger partial charge on any atom is -0.495 e. The fourth-order valence-electron chi connectivity index (χ4n) is 2.95. The third kappa shape index (κ3) is 4.66. The van der Waals surface area contributed by atoms with E-state index in [-0.39, 0.29) is 5.82 Å². The molecule has 0 aliphatic heterocycles. The van der Waals surface area contributed by atoms with Gasteiger partial charge in [0.05, 0.1) is 13.3 Å². The Morgan fingerprint density at radius 3 is 2.40 bits per heavy atom. The van der Waals surface area contributed by atoms with Gasteiger partial charge >= 0.3 is 0 Å². The van der Waals surface area contributed by atoms with Gasteiger partial charge in [0.15, 0.2) is 0 Å². The molecule has 1 heterocycles. The van der Waals surface area contributed by atoms with E-state index in [1.165, 1.54) is 38.3 Å². The van der Waals surface area contributed by atoms with E-state index >= 15 is 0 Å². The lowest BCUT2D eigenvalue weighted by Crippen LogP contribution is -2.35. The Balaban J connectivity index is 2.35. The first-order valence-corrected chi connectivity index (χ1v) is 8.45. The molecule has 1 aromatic heterocycles. The first kappa shape index (κ1) is 18.6. The number of nitrogens with zero attached hydrogens (tertiary/aromatic N) is 2. The molecule has 2 rings (SSSR count). The Morgan fingerprint density at radius 1 is 1.20 bits per heavy atom. The highest BCUT2D eigenvalue weighted by Gasteiger charge is 2.21. The lowest BCUT2D eigenvalue weighted by molar-refractivity contribution is -0.121. The monoisotopic (exact) mass is 340 g/mol. The molecular weight excluding hydrogens is 316 g/mol. The Hall–Kier alpha value is -2.69. The van der Waals surface area contributed by atoms with Gasteiger partial charge in [-0.2, -0.15) is 0 Å². The van der Waals surface area contributed by atoms with E-state index < -0.39 is 11.8 Å². The summed E-state index contributed by atoms with van der Waals surface area (Å²) >= 11 is 0. The van der Waals surface area contributed by atoms with Crippen molar-refractivity contribution in [3.05, 3.63) is 49.2 Å². The summed E-state index contributed by atoms with van der Waals surface area (Å²) in [6.07, 6.45) is 14.0. The van der Waals surface area contributed by atoms with Crippen LogP contribution in [-0.4, -0.2) is 23.9 Å². The summed E-state index contributed by atoms with van der Waals surface area (Å²) in [5, 5.41) is 0. The van der Waals surface area contributed by atoms with Gasteiger partial charge in [-0.05, 0) is 37.0 Å². The van der Waals surface area contributed by atoms with Crippen LogP contribution in [0.15, 0.2) is 43.6 Å². The summed E-state index contributed by atoms with van der Waals surface area (Å²) < 4.78 is 5.35. The van der Waals surface area contributed by atoms with Gasteiger partial charge in [0, 0.05) is 5.56 Å². The summed E-state index contributed by atoms with van der Waals surface area (Å²) in [7, 11) is 1.57. The molecule has 1 aromatic rings. The number of ether oxygens (including phenoxy) is 1. The molecule has 5 heteroatoms. The van der Waals surface area contributed by atoms with Gasteiger partial charge in [-0.25, -0.2) is 9.88 Å². The molecule has 0 atom stereocenters. The van der Waals surface area contributed by atoms with E-state index in [0.717, 1.165) is 22.6 Å². The van der Waals surface area contributed by atoms with E-state index in [1.54, 1.807) is 13.2 Å². The molecule has 25 heavy (non-hydrogen) atoms. The molecular formula is C20H24N2O3. The zero-order valence-corrected chi connectivity index (χ0v) is 14.6. The average Bonchev–Trinajstić information content (AvgIpc) is 2.67. The molecule has 1 aliphatic carbocycles. The number of anilines is 1. The minimum atomic E-state index is -0.551. The third-order valence-corrected chi connectivity index (χ3v) is 4.32. The van der Waals surface area contributed by atoms with Crippen molar-refractivity contribution in [1.29, 1.82) is 0 Å². The predicted octanol–water partition coefficient (Wildman–Crippen LogP) is 3.92. The highest BCUT2D eigenvalue weighted by Crippen LogP contribution is 2.28. The zero-order valence-electron chi connectivity index (χ0n) is 14.6. The Labute approximate surface area is 148 Å². The van der Waals surface area contributed by atoms with Crippen LogP contribution >= 0.6 is 0 Å². The standard InChI is InChI=1S/C20H24N2O3/c1-4-19(23)22(20(24)5-2)18-13-16(17(25-3)14-21-18)12-11-15-9-7-6-8-10-15/h4-5,11-15H,1-2,6-10H2,3H3/b12-11+. The number of imide groups is 1. The van der Waals surface area contributed by atoms with E-state index in [1.807, 2.05) is 6.08 Å². The zero-order chi connectivity index (χ0) is 18.2. The largest absolute Gasteiger partial charge is 0.495 e. The summed E-state index contributed by atoms with van der Waals surface area (Å²) in [5.41, 5.74) is 0.775. The van der Waals surface area contributed by atoms with E-state index in [2.05, 4.69) is 24.2 Å². The maximum Gasteiger partial charge on any atom is 0.258 e. The van der Waals surface area contributed by atoms with Crippen molar-refractivity contribution in [3.63, 3.8) is 0 Å². The van der Waals surface area contributed by atoms with Crippen LogP contribution in [0.1, 0.15) is 37.7 Å². The first-order valence-electron chi connectivity index (χ1n) is 8.45. The quantitative estimate of drug-likeness (QED) is 0.737. The highest BCUT2D eigenvalue weighted by molar-refractivity contribution is 6.21. The smallest absolute Gasteiger partial charge is 0.258 e. The number of amides is 2. The number of allylic oxidation sites excluding steroid dienone is 1. The number of pyridine rings is 1. The van der Waals surface area contributed by atoms with Crippen LogP contribution in [0.3, 0.4) is 0 Å². The van der Waals surface area contributed by atoms with Crippen molar-refractivity contribution in [2.45, 2.75) is 32.1 Å². The van der Waals surface area contributed by atoms with Gasteiger partial charge < -0.3 is 4.74 Å². The van der Waals surface area contributed by atoms with Crippen LogP contribution in [0.4, 0.5) is 5.82 Å². The normalized spacial score (nSPS) is 14.9. The van der Waals surface area contributed by atoms with Gasteiger partial charge in [-0.3, -0.25) is 9.59 Å². The van der Waals surface area contributed by atoms with E-state index in [0.29, 0.717) is 11.7 Å². The highest BCUT2D eigenvalue weighted by atomic mass is 16.5. The maximum absolute atomic E-state index is 12.0. The van der Waals surface area contributed by atoms with Crippen LogP contribution in [-0.2, 0) is 9.59 Å². The van der Waals surface area contributed by atoms with Gasteiger partial charge in [0.25, 0.3) is 11.8 Å². The Bertz CT molecular complexity index is 668. The summed E-state index contributed by atoms with van der Waals surface area (Å²) in [5.74, 6) is 0.261. The molecule has 1 aliphatic rings. The summed E-state index contributed by atoms with van der Waals surface area (Å²) in [4.78, 5) is 29.2. The third-order valence-electron chi connectivity index (χ3n) is 4.32. The number of rotatable bonds is 6. The number of carbonyl (C=O) groups excluding carboxylic acids is 2. The molecule has 1 saturated carbocycles. The molecule has 0 spiro atoms. The average molecular weight is 340 g/mol. The Kier molecular flexibility index (Phi) is 6.69. The van der Waals surface area contributed by atoms with Crippen molar-refractivity contribution < 1.29 is 14.3 Å². The molecule has 0 unspecified atom stereocenters. The number of aromatic nitrogens is 1. The number of carbonyl (C=O) groups is 2. The molecule has 5 nitrogen and oxygen atoms in total. The molecule has 0 saturated heterocycles. The van der Waals surface area contributed by atoms with Crippen LogP contribution in [0.25, 0.3) is 6.08 Å². The minimum absolute atomic E-state index is 0.221. The lowest BCUT2D eigenvalue weighted by Gasteiger charge is -2.19. The molecule has 1 fully saturated rings. The predicted molar refractivity (Wildman–Crippen MR) is 99.3 cm³/mol. The maximum atomic E-state index is 12.0. The molecule has 2 amide bonds. The van der Waals surface area contributed by atoms with Gasteiger partial charge in [-0.1, -0.05) is 44.6 Å². The lowest BCUT2D eigenvalue weighted by atomic mass is 9.89. The van der Waals surface area contributed by atoms with E-state index in [4.69, 9.17) is 4.74 Å². The van der Waals surface area contributed by atoms with Crippen molar-refractivity contribution in [2.24, 2.45) is 5.92 Å². The molecule has 0 N–H and O–H groups in total. The molecule has 0 bridgehead atoms. The molecule has 0 aromatic carbocycles. The Morgan fingerprint density at radius 2 is 1.84 bits per heavy atom. The van der Waals surface area contributed by atoms with Gasteiger partial charge in [-0.15, -0.1) is 0 Å². The van der Waals surface area contributed by atoms with Crippen LogP contribution < -0.4 is 9.64 Å². The van der Waals surface area contributed by atoms with Gasteiger partial charge in [0.1, 0.15) is 11.6 Å². The fraction of sp³-hybridized carbons (Fsp3) is 0.350. The number of hydrogen-bond donors (Lipinski definition) is 0. The number of hydrogen-bond acceptors (Lipinski definition) is 4. The van der Waals surface area contributed by atoms with Crippen molar-refractivity contribution in [2.75, 3.05) is 12.0 Å². The van der Waals surface area contributed by atoms with Crippen LogP contribution in [0.2, 0.25) is 0 Å². The summed E-state index contributed by atoms with van der Waals surface area (Å²) in [6.45, 7) is 6.87. The number of methoxy groups -OCH3 is 1. The first-order chi connectivity index (χ1) is 12.1. The van der Waals surface area contributed by atoms with Crippen LogP contribution in [0, 0.1) is 5.92 Å². The van der Waals surface area contributed by atoms with Crippen LogP contribution in [0.5, 0.6) is 5.75 Å². The molecule has 132 valence electrons. The van der Waals surface area contributed by atoms with Crippen molar-refractivity contribution in [1.82, 2.24) is 4.98 Å². The fourth-order valence-corrected chi connectivity index (χ4v) is 2.95. The second kappa shape index (κ2) is 8.97. The SMILES string of the molecule is C=CC(=O)N(C(=O)C=C)c1cc(/C=C/C2CCCCC2)c(OC)cn1. The van der Waals surface area contributed by atoms with E-state index in [9.17, 15) is 9.59 Å². The second-order valence-electron chi connectivity index (χ2n) is 5.96.